The fourth-order valence-electron chi connectivity index (χ4n) is 1.70. The van der Waals surface area contributed by atoms with Crippen molar-refractivity contribution in [1.82, 2.24) is 0 Å². The first-order valence-corrected chi connectivity index (χ1v) is 7.40. The zero-order valence-electron chi connectivity index (χ0n) is 10.8. The van der Waals surface area contributed by atoms with Gasteiger partial charge in [0, 0.05) is 10.5 Å². The van der Waals surface area contributed by atoms with E-state index in [9.17, 15) is 14.9 Å². The van der Waals surface area contributed by atoms with Crippen molar-refractivity contribution in [3.05, 3.63) is 61.0 Å². The molecule has 7 heteroatoms. The molecule has 0 unspecified atom stereocenters. The molecule has 0 aliphatic carbocycles. The molecule has 0 atom stereocenters. The maximum Gasteiger partial charge on any atom is 0.287 e. The zero-order chi connectivity index (χ0) is 15.6. The molecule has 0 saturated heterocycles. The fraction of sp³-hybridized carbons (Fsp3) is 0.0714. The molecule has 2 rings (SSSR count). The Kier molecular flexibility index (Phi) is 4.74. The number of ketones is 1. The van der Waals surface area contributed by atoms with Crippen molar-refractivity contribution in [3.8, 4) is 11.5 Å². The third kappa shape index (κ3) is 3.48. The minimum absolute atomic E-state index is 0.103. The lowest BCUT2D eigenvalue weighted by Crippen LogP contribution is -1.98. The molecule has 21 heavy (non-hydrogen) atoms. The molecule has 0 saturated carbocycles. The van der Waals surface area contributed by atoms with Gasteiger partial charge in [0.05, 0.1) is 10.5 Å². The summed E-state index contributed by atoms with van der Waals surface area (Å²) in [4.78, 5) is 22.0. The Labute approximate surface area is 137 Å². The van der Waals surface area contributed by atoms with Gasteiger partial charge in [0.1, 0.15) is 16.0 Å². The van der Waals surface area contributed by atoms with Crippen LogP contribution in [0.4, 0.5) is 5.69 Å². The highest BCUT2D eigenvalue weighted by molar-refractivity contribution is 9.11. The number of nitrogens with zero attached hydrogens (tertiary/aromatic N) is 1. The average molecular weight is 415 g/mol. The van der Waals surface area contributed by atoms with Crippen LogP contribution in [0.3, 0.4) is 0 Å². The first-order valence-electron chi connectivity index (χ1n) is 5.81. The second kappa shape index (κ2) is 6.36. The van der Waals surface area contributed by atoms with E-state index in [2.05, 4.69) is 31.9 Å². The van der Waals surface area contributed by atoms with Crippen molar-refractivity contribution in [2.24, 2.45) is 0 Å². The molecular weight excluding hydrogens is 406 g/mol. The van der Waals surface area contributed by atoms with Crippen molar-refractivity contribution in [2.45, 2.75) is 6.92 Å². The van der Waals surface area contributed by atoms with Crippen molar-refractivity contribution in [3.63, 3.8) is 0 Å². The van der Waals surface area contributed by atoms with E-state index in [4.69, 9.17) is 4.74 Å². The lowest BCUT2D eigenvalue weighted by molar-refractivity contribution is -0.385. The smallest absolute Gasteiger partial charge is 0.287 e. The molecule has 0 bridgehead atoms. The number of carbonyl (C=O) groups is 1. The standard InChI is InChI=1S/C14H9Br2NO4/c1-8(18)10-7-9(15)5-6-12(10)21-13-4-2-3-11(14(13)16)17(19)20/h2-7H,1H3. The van der Waals surface area contributed by atoms with Crippen molar-refractivity contribution >= 4 is 43.3 Å². The maximum absolute atomic E-state index is 11.6. The van der Waals surface area contributed by atoms with E-state index in [0.717, 1.165) is 4.47 Å². The summed E-state index contributed by atoms with van der Waals surface area (Å²) in [6.07, 6.45) is 0. The number of nitro groups is 1. The number of halogens is 2. The first kappa shape index (κ1) is 15.7. The minimum Gasteiger partial charge on any atom is -0.455 e. The van der Waals surface area contributed by atoms with Crippen LogP contribution in [0.2, 0.25) is 0 Å². The summed E-state index contributed by atoms with van der Waals surface area (Å²) in [7, 11) is 0. The molecule has 2 aromatic carbocycles. The maximum atomic E-state index is 11.6. The second-order valence-corrected chi connectivity index (χ2v) is 5.85. The highest BCUT2D eigenvalue weighted by atomic mass is 79.9. The van der Waals surface area contributed by atoms with Gasteiger partial charge in [-0.1, -0.05) is 22.0 Å². The number of benzene rings is 2. The molecule has 0 amide bonds. The Balaban J connectivity index is 2.46. The quantitative estimate of drug-likeness (QED) is 0.395. The van der Waals surface area contributed by atoms with Crippen LogP contribution in [-0.4, -0.2) is 10.7 Å². The van der Waals surface area contributed by atoms with Crippen LogP contribution in [0.1, 0.15) is 17.3 Å². The summed E-state index contributed by atoms with van der Waals surface area (Å²) in [6, 6.07) is 9.47. The van der Waals surface area contributed by atoms with Gasteiger partial charge < -0.3 is 4.74 Å². The van der Waals surface area contributed by atoms with E-state index in [-0.39, 0.29) is 21.7 Å². The van der Waals surface area contributed by atoms with Gasteiger partial charge in [-0.15, -0.1) is 0 Å². The minimum atomic E-state index is -0.510. The Morgan fingerprint density at radius 2 is 1.90 bits per heavy atom. The monoisotopic (exact) mass is 413 g/mol. The van der Waals surface area contributed by atoms with Gasteiger partial charge in [-0.05, 0) is 47.1 Å². The SMILES string of the molecule is CC(=O)c1cc(Br)ccc1Oc1cccc([N+](=O)[O-])c1Br. The van der Waals surface area contributed by atoms with E-state index in [1.54, 1.807) is 24.3 Å². The van der Waals surface area contributed by atoms with Gasteiger partial charge in [0.25, 0.3) is 5.69 Å². The number of hydrogen-bond donors (Lipinski definition) is 0. The van der Waals surface area contributed by atoms with Crippen molar-refractivity contribution in [2.75, 3.05) is 0 Å². The normalized spacial score (nSPS) is 10.2. The molecule has 0 spiro atoms. The lowest BCUT2D eigenvalue weighted by Gasteiger charge is -2.11. The number of nitro benzene ring substituents is 1. The van der Waals surface area contributed by atoms with E-state index >= 15 is 0 Å². The number of ether oxygens (including phenoxy) is 1. The van der Waals surface area contributed by atoms with Gasteiger partial charge in [-0.2, -0.15) is 0 Å². The fourth-order valence-corrected chi connectivity index (χ4v) is 2.55. The Bertz CT molecular complexity index is 731. The molecule has 2 aromatic rings. The lowest BCUT2D eigenvalue weighted by atomic mass is 10.1. The number of carbonyl (C=O) groups excluding carboxylic acids is 1. The van der Waals surface area contributed by atoms with Gasteiger partial charge in [0.15, 0.2) is 5.78 Å². The predicted octanol–water partition coefficient (Wildman–Crippen LogP) is 5.11. The average Bonchev–Trinajstić information content (AvgIpc) is 2.42. The van der Waals surface area contributed by atoms with Crippen LogP contribution in [0.15, 0.2) is 45.3 Å². The molecule has 0 aliphatic heterocycles. The van der Waals surface area contributed by atoms with Gasteiger partial charge in [0.2, 0.25) is 0 Å². The van der Waals surface area contributed by atoms with Crippen LogP contribution in [0, 0.1) is 10.1 Å². The van der Waals surface area contributed by atoms with Crippen LogP contribution in [-0.2, 0) is 0 Å². The van der Waals surface area contributed by atoms with Crippen LogP contribution < -0.4 is 4.74 Å². The Hall–Kier alpha value is -1.73. The number of hydrogen-bond acceptors (Lipinski definition) is 4. The van der Waals surface area contributed by atoms with E-state index in [1.165, 1.54) is 19.1 Å². The molecule has 0 aliphatic rings. The highest BCUT2D eigenvalue weighted by Gasteiger charge is 2.18. The summed E-state index contributed by atoms with van der Waals surface area (Å²) >= 11 is 6.44. The number of rotatable bonds is 4. The Morgan fingerprint density at radius 1 is 1.19 bits per heavy atom. The van der Waals surface area contributed by atoms with E-state index < -0.39 is 4.92 Å². The summed E-state index contributed by atoms with van der Waals surface area (Å²) < 4.78 is 6.63. The van der Waals surface area contributed by atoms with Gasteiger partial charge in [-0.3, -0.25) is 14.9 Å². The molecule has 0 heterocycles. The van der Waals surface area contributed by atoms with Gasteiger partial charge in [-0.25, -0.2) is 0 Å². The van der Waals surface area contributed by atoms with Crippen molar-refractivity contribution < 1.29 is 14.5 Å². The zero-order valence-corrected chi connectivity index (χ0v) is 14.0. The third-order valence-electron chi connectivity index (χ3n) is 2.68. The largest absolute Gasteiger partial charge is 0.455 e. The highest BCUT2D eigenvalue weighted by Crippen LogP contribution is 2.37. The second-order valence-electron chi connectivity index (χ2n) is 4.15. The Morgan fingerprint density at radius 3 is 2.52 bits per heavy atom. The molecular formula is C14H9Br2NO4. The van der Waals surface area contributed by atoms with Crippen LogP contribution >= 0.6 is 31.9 Å². The van der Waals surface area contributed by atoms with Crippen molar-refractivity contribution in [1.29, 1.82) is 0 Å². The van der Waals surface area contributed by atoms with E-state index in [1.807, 2.05) is 0 Å². The van der Waals surface area contributed by atoms with Crippen LogP contribution in [0.5, 0.6) is 11.5 Å². The summed E-state index contributed by atoms with van der Waals surface area (Å²) in [6.45, 7) is 1.43. The summed E-state index contributed by atoms with van der Waals surface area (Å²) in [5, 5.41) is 10.9. The molecule has 0 N–H and O–H groups in total. The van der Waals surface area contributed by atoms with E-state index in [0.29, 0.717) is 11.3 Å². The van der Waals surface area contributed by atoms with Gasteiger partial charge >= 0.3 is 0 Å². The number of Topliss-reactive ketones (excluding diaryl/α,β-unsaturated/α-hetero) is 1. The summed E-state index contributed by atoms with van der Waals surface area (Å²) in [5.74, 6) is 0.453. The first-order chi connectivity index (χ1) is 9.90. The molecule has 5 nitrogen and oxygen atoms in total. The summed E-state index contributed by atoms with van der Waals surface area (Å²) in [5.41, 5.74) is 0.289. The van der Waals surface area contributed by atoms with Crippen LogP contribution in [0.25, 0.3) is 0 Å². The molecule has 0 aromatic heterocycles. The molecule has 0 fully saturated rings. The molecule has 0 radical (unpaired) electrons. The molecule has 108 valence electrons. The third-order valence-corrected chi connectivity index (χ3v) is 3.97. The topological polar surface area (TPSA) is 69.4 Å². The predicted molar refractivity (Wildman–Crippen MR) is 85.0 cm³/mol.